The normalized spacial score (nSPS) is 12.3. The third-order valence-electron chi connectivity index (χ3n) is 2.90. The highest BCUT2D eigenvalue weighted by Gasteiger charge is 2.14. The number of esters is 1. The Morgan fingerprint density at radius 2 is 1.81 bits per heavy atom. The van der Waals surface area contributed by atoms with E-state index in [9.17, 15) is 4.79 Å². The molecule has 0 radical (unpaired) electrons. The monoisotopic (exact) mass is 221 g/mol. The van der Waals surface area contributed by atoms with E-state index in [0.717, 1.165) is 11.1 Å². The summed E-state index contributed by atoms with van der Waals surface area (Å²) < 4.78 is 4.62. The van der Waals surface area contributed by atoms with Crippen molar-refractivity contribution in [1.82, 2.24) is 0 Å². The van der Waals surface area contributed by atoms with Gasteiger partial charge in [0.15, 0.2) is 0 Å². The summed E-state index contributed by atoms with van der Waals surface area (Å²) in [6.07, 6.45) is 0.222. The zero-order chi connectivity index (χ0) is 12.3. The number of ether oxygens (including phenoxy) is 1. The standard InChI is InChI=1S/C13H19NO2/c1-8-5-10(3)11(6-9(8)2)12(14)7-13(15)16-4/h5-6,12H,7,14H2,1-4H3/t12-/m1/s1. The Bertz CT molecular complexity index is 399. The smallest absolute Gasteiger partial charge is 0.307 e. The molecule has 0 unspecified atom stereocenters. The first-order chi connectivity index (χ1) is 7.45. The van der Waals surface area contributed by atoms with Crippen LogP contribution in [0.1, 0.15) is 34.7 Å². The van der Waals surface area contributed by atoms with Gasteiger partial charge in [0.2, 0.25) is 0 Å². The summed E-state index contributed by atoms with van der Waals surface area (Å²) in [5, 5.41) is 0. The van der Waals surface area contributed by atoms with Gasteiger partial charge in [0.1, 0.15) is 0 Å². The zero-order valence-electron chi connectivity index (χ0n) is 10.3. The Morgan fingerprint density at radius 3 is 2.38 bits per heavy atom. The summed E-state index contributed by atoms with van der Waals surface area (Å²) in [6, 6.07) is 3.87. The molecule has 0 saturated carbocycles. The molecule has 0 aliphatic carbocycles. The number of methoxy groups -OCH3 is 1. The van der Waals surface area contributed by atoms with E-state index in [2.05, 4.69) is 23.8 Å². The Balaban J connectivity index is 2.95. The molecular formula is C13H19NO2. The van der Waals surface area contributed by atoms with Crippen LogP contribution in [0, 0.1) is 20.8 Å². The van der Waals surface area contributed by atoms with Crippen molar-refractivity contribution >= 4 is 5.97 Å². The van der Waals surface area contributed by atoms with Crippen molar-refractivity contribution in [2.75, 3.05) is 7.11 Å². The minimum atomic E-state index is -0.285. The van der Waals surface area contributed by atoms with Crippen molar-refractivity contribution < 1.29 is 9.53 Å². The lowest BCUT2D eigenvalue weighted by atomic mass is 9.95. The molecule has 0 heterocycles. The molecule has 0 aliphatic heterocycles. The summed E-state index contributed by atoms with van der Waals surface area (Å²) in [5.41, 5.74) is 10.6. The molecule has 0 aliphatic rings. The molecule has 1 atom stereocenters. The molecule has 0 aromatic heterocycles. The summed E-state index contributed by atoms with van der Waals surface area (Å²) >= 11 is 0. The minimum absolute atomic E-state index is 0.222. The number of rotatable bonds is 3. The summed E-state index contributed by atoms with van der Waals surface area (Å²) in [6.45, 7) is 6.12. The molecule has 0 saturated heterocycles. The molecule has 1 aromatic rings. The summed E-state index contributed by atoms with van der Waals surface area (Å²) in [5.74, 6) is -0.273. The Hall–Kier alpha value is -1.35. The third-order valence-corrected chi connectivity index (χ3v) is 2.90. The Morgan fingerprint density at radius 1 is 1.25 bits per heavy atom. The van der Waals surface area contributed by atoms with Crippen LogP contribution in [-0.4, -0.2) is 13.1 Å². The van der Waals surface area contributed by atoms with Crippen molar-refractivity contribution in [2.24, 2.45) is 5.73 Å². The SMILES string of the molecule is COC(=O)C[C@@H](N)c1cc(C)c(C)cc1C. The van der Waals surface area contributed by atoms with Crippen molar-refractivity contribution in [3.63, 3.8) is 0 Å². The quantitative estimate of drug-likeness (QED) is 0.796. The fourth-order valence-electron chi connectivity index (χ4n) is 1.76. The fraction of sp³-hybridized carbons (Fsp3) is 0.462. The number of carbonyl (C=O) groups excluding carboxylic acids is 1. The Kier molecular flexibility index (Phi) is 4.07. The van der Waals surface area contributed by atoms with Crippen molar-refractivity contribution in [2.45, 2.75) is 33.2 Å². The van der Waals surface area contributed by atoms with Crippen LogP contribution in [0.2, 0.25) is 0 Å². The number of hydrogen-bond donors (Lipinski definition) is 1. The van der Waals surface area contributed by atoms with Crippen LogP contribution in [0.3, 0.4) is 0 Å². The number of benzene rings is 1. The average molecular weight is 221 g/mol. The van der Waals surface area contributed by atoms with E-state index >= 15 is 0 Å². The second-order valence-corrected chi connectivity index (χ2v) is 4.18. The van der Waals surface area contributed by atoms with E-state index in [1.807, 2.05) is 13.8 Å². The molecule has 3 nitrogen and oxygen atoms in total. The molecule has 1 aromatic carbocycles. The number of hydrogen-bond acceptors (Lipinski definition) is 3. The van der Waals surface area contributed by atoms with Gasteiger partial charge in [-0.3, -0.25) is 4.79 Å². The Labute approximate surface area is 96.6 Å². The van der Waals surface area contributed by atoms with Gasteiger partial charge in [-0.2, -0.15) is 0 Å². The average Bonchev–Trinajstić information content (AvgIpc) is 2.23. The van der Waals surface area contributed by atoms with E-state index in [0.29, 0.717) is 0 Å². The van der Waals surface area contributed by atoms with Gasteiger partial charge in [0, 0.05) is 6.04 Å². The minimum Gasteiger partial charge on any atom is -0.469 e. The molecule has 3 heteroatoms. The first-order valence-corrected chi connectivity index (χ1v) is 5.36. The highest BCUT2D eigenvalue weighted by molar-refractivity contribution is 5.70. The first-order valence-electron chi connectivity index (χ1n) is 5.36. The van der Waals surface area contributed by atoms with Crippen molar-refractivity contribution in [1.29, 1.82) is 0 Å². The maximum absolute atomic E-state index is 11.2. The molecule has 1 rings (SSSR count). The molecule has 0 bridgehead atoms. The second kappa shape index (κ2) is 5.12. The predicted molar refractivity (Wildman–Crippen MR) is 64.2 cm³/mol. The van der Waals surface area contributed by atoms with E-state index in [4.69, 9.17) is 5.73 Å². The van der Waals surface area contributed by atoms with Crippen molar-refractivity contribution in [3.8, 4) is 0 Å². The largest absolute Gasteiger partial charge is 0.469 e. The van der Waals surface area contributed by atoms with Crippen LogP contribution in [0.15, 0.2) is 12.1 Å². The highest BCUT2D eigenvalue weighted by atomic mass is 16.5. The molecular weight excluding hydrogens is 202 g/mol. The first kappa shape index (κ1) is 12.7. The van der Waals surface area contributed by atoms with Crippen LogP contribution < -0.4 is 5.73 Å². The lowest BCUT2D eigenvalue weighted by Crippen LogP contribution is -2.17. The number of aryl methyl sites for hydroxylation is 3. The lowest BCUT2D eigenvalue weighted by molar-refractivity contribution is -0.141. The molecule has 88 valence electrons. The molecule has 0 spiro atoms. The molecule has 16 heavy (non-hydrogen) atoms. The van der Waals surface area contributed by atoms with Crippen LogP contribution in [-0.2, 0) is 9.53 Å². The molecule has 2 N–H and O–H groups in total. The topological polar surface area (TPSA) is 52.3 Å². The summed E-state index contributed by atoms with van der Waals surface area (Å²) in [4.78, 5) is 11.2. The van der Waals surface area contributed by atoms with Crippen LogP contribution in [0.4, 0.5) is 0 Å². The molecule has 0 amide bonds. The predicted octanol–water partition coefficient (Wildman–Crippen LogP) is 2.17. The van der Waals surface area contributed by atoms with E-state index < -0.39 is 0 Å². The number of carbonyl (C=O) groups is 1. The van der Waals surface area contributed by atoms with Crippen LogP contribution in [0.5, 0.6) is 0 Å². The van der Waals surface area contributed by atoms with Gasteiger partial charge in [-0.25, -0.2) is 0 Å². The maximum atomic E-state index is 11.2. The number of nitrogens with two attached hydrogens (primary N) is 1. The van der Waals surface area contributed by atoms with Crippen molar-refractivity contribution in [3.05, 3.63) is 34.4 Å². The van der Waals surface area contributed by atoms with Gasteiger partial charge in [0.25, 0.3) is 0 Å². The fourth-order valence-corrected chi connectivity index (χ4v) is 1.76. The second-order valence-electron chi connectivity index (χ2n) is 4.18. The van der Waals surface area contributed by atoms with Gasteiger partial charge in [-0.15, -0.1) is 0 Å². The lowest BCUT2D eigenvalue weighted by Gasteiger charge is -2.15. The highest BCUT2D eigenvalue weighted by Crippen LogP contribution is 2.22. The van der Waals surface area contributed by atoms with Gasteiger partial charge in [-0.05, 0) is 43.0 Å². The van der Waals surface area contributed by atoms with Gasteiger partial charge in [0.05, 0.1) is 13.5 Å². The van der Waals surface area contributed by atoms with Crippen LogP contribution in [0.25, 0.3) is 0 Å². The van der Waals surface area contributed by atoms with Crippen LogP contribution >= 0.6 is 0 Å². The van der Waals surface area contributed by atoms with E-state index in [1.165, 1.54) is 18.2 Å². The zero-order valence-corrected chi connectivity index (χ0v) is 10.3. The van der Waals surface area contributed by atoms with Gasteiger partial charge >= 0.3 is 5.97 Å². The summed E-state index contributed by atoms with van der Waals surface area (Å²) in [7, 11) is 1.38. The molecule has 0 fully saturated rings. The van der Waals surface area contributed by atoms with Gasteiger partial charge < -0.3 is 10.5 Å². The van der Waals surface area contributed by atoms with Gasteiger partial charge in [-0.1, -0.05) is 12.1 Å². The third kappa shape index (κ3) is 2.83. The van der Waals surface area contributed by atoms with E-state index in [-0.39, 0.29) is 18.4 Å². The maximum Gasteiger partial charge on any atom is 0.307 e. The van der Waals surface area contributed by atoms with E-state index in [1.54, 1.807) is 0 Å².